The maximum Gasteiger partial charge on any atom is 0.419 e. The number of allylic oxidation sites excluding steroid dienone is 1. The summed E-state index contributed by atoms with van der Waals surface area (Å²) in [4.78, 5) is 0. The standard InChI is InChI=1S/C15H20F3NO/c1-2-3-4-5-6-9-20-14-8-7-12(11-19)10-13(14)15(16,17)18/h2,7-8,10H,1,3-6,9,11,19H2. The van der Waals surface area contributed by atoms with Crippen molar-refractivity contribution >= 4 is 0 Å². The van der Waals surface area contributed by atoms with Crippen LogP contribution in [-0.2, 0) is 12.7 Å². The second-order valence-electron chi connectivity index (χ2n) is 4.52. The number of hydrogen-bond acceptors (Lipinski definition) is 2. The lowest BCUT2D eigenvalue weighted by molar-refractivity contribution is -0.139. The number of benzene rings is 1. The van der Waals surface area contributed by atoms with E-state index >= 15 is 0 Å². The van der Waals surface area contributed by atoms with Crippen LogP contribution in [0.15, 0.2) is 30.9 Å². The van der Waals surface area contributed by atoms with Gasteiger partial charge in [0, 0.05) is 6.54 Å². The molecule has 0 radical (unpaired) electrons. The molecule has 0 heterocycles. The van der Waals surface area contributed by atoms with E-state index in [0.29, 0.717) is 5.56 Å². The van der Waals surface area contributed by atoms with Gasteiger partial charge in [0.05, 0.1) is 12.2 Å². The molecule has 0 saturated heterocycles. The summed E-state index contributed by atoms with van der Waals surface area (Å²) in [7, 11) is 0. The first-order chi connectivity index (χ1) is 9.49. The van der Waals surface area contributed by atoms with Gasteiger partial charge in [0.25, 0.3) is 0 Å². The van der Waals surface area contributed by atoms with E-state index in [1.165, 1.54) is 6.07 Å². The molecule has 0 bridgehead atoms. The van der Waals surface area contributed by atoms with Gasteiger partial charge in [-0.3, -0.25) is 0 Å². The minimum atomic E-state index is -4.43. The Morgan fingerprint density at radius 1 is 1.20 bits per heavy atom. The molecule has 5 heteroatoms. The van der Waals surface area contributed by atoms with Crippen LogP contribution in [0.4, 0.5) is 13.2 Å². The highest BCUT2D eigenvalue weighted by atomic mass is 19.4. The van der Waals surface area contributed by atoms with Crippen molar-refractivity contribution in [3.8, 4) is 5.75 Å². The van der Waals surface area contributed by atoms with Crippen LogP contribution >= 0.6 is 0 Å². The summed E-state index contributed by atoms with van der Waals surface area (Å²) >= 11 is 0. The van der Waals surface area contributed by atoms with Gasteiger partial charge >= 0.3 is 6.18 Å². The van der Waals surface area contributed by atoms with E-state index < -0.39 is 11.7 Å². The summed E-state index contributed by atoms with van der Waals surface area (Å²) in [6.45, 7) is 3.97. The minimum absolute atomic E-state index is 0.0743. The van der Waals surface area contributed by atoms with E-state index in [1.54, 1.807) is 6.07 Å². The zero-order chi connectivity index (χ0) is 15.0. The largest absolute Gasteiger partial charge is 0.493 e. The van der Waals surface area contributed by atoms with Gasteiger partial charge in [0.1, 0.15) is 5.75 Å². The Hall–Kier alpha value is -1.49. The fraction of sp³-hybridized carbons (Fsp3) is 0.467. The molecule has 2 N–H and O–H groups in total. The average molecular weight is 287 g/mol. The predicted molar refractivity (Wildman–Crippen MR) is 73.5 cm³/mol. The van der Waals surface area contributed by atoms with Crippen molar-refractivity contribution in [2.75, 3.05) is 6.61 Å². The summed E-state index contributed by atoms with van der Waals surface area (Å²) < 4.78 is 44.0. The van der Waals surface area contributed by atoms with Crippen LogP contribution in [0.1, 0.15) is 36.8 Å². The zero-order valence-corrected chi connectivity index (χ0v) is 11.4. The van der Waals surface area contributed by atoms with Crippen molar-refractivity contribution in [2.45, 2.75) is 38.4 Å². The van der Waals surface area contributed by atoms with Gasteiger partial charge in [0.15, 0.2) is 0 Å². The number of rotatable bonds is 8. The summed E-state index contributed by atoms with van der Waals surface area (Å²) in [6, 6.07) is 3.95. The summed E-state index contributed by atoms with van der Waals surface area (Å²) in [5.74, 6) is -0.126. The van der Waals surface area contributed by atoms with Gasteiger partial charge < -0.3 is 10.5 Å². The fourth-order valence-corrected chi connectivity index (χ4v) is 1.80. The molecule has 2 nitrogen and oxygen atoms in total. The smallest absolute Gasteiger partial charge is 0.419 e. The molecule has 1 aromatic rings. The molecule has 0 saturated carbocycles. The van der Waals surface area contributed by atoms with Crippen molar-refractivity contribution in [1.29, 1.82) is 0 Å². The van der Waals surface area contributed by atoms with Crippen LogP contribution in [-0.4, -0.2) is 6.61 Å². The van der Waals surface area contributed by atoms with Crippen molar-refractivity contribution in [2.24, 2.45) is 5.73 Å². The van der Waals surface area contributed by atoms with Crippen LogP contribution in [0.25, 0.3) is 0 Å². The monoisotopic (exact) mass is 287 g/mol. The fourth-order valence-electron chi connectivity index (χ4n) is 1.80. The van der Waals surface area contributed by atoms with Gasteiger partial charge in [-0.05, 0) is 43.4 Å². The molecular formula is C15H20F3NO. The first-order valence-electron chi connectivity index (χ1n) is 6.63. The third-order valence-corrected chi connectivity index (χ3v) is 2.90. The molecule has 0 aliphatic rings. The number of unbranched alkanes of at least 4 members (excludes halogenated alkanes) is 3. The molecule has 20 heavy (non-hydrogen) atoms. The van der Waals surface area contributed by atoms with Gasteiger partial charge in [-0.2, -0.15) is 13.2 Å². The topological polar surface area (TPSA) is 35.2 Å². The molecule has 0 spiro atoms. The van der Waals surface area contributed by atoms with Crippen LogP contribution in [0.5, 0.6) is 5.75 Å². The van der Waals surface area contributed by atoms with Crippen molar-refractivity contribution in [3.05, 3.63) is 42.0 Å². The molecule has 0 aromatic heterocycles. The Kier molecular flexibility index (Phi) is 6.58. The van der Waals surface area contributed by atoms with Crippen LogP contribution in [0.2, 0.25) is 0 Å². The highest BCUT2D eigenvalue weighted by Gasteiger charge is 2.34. The van der Waals surface area contributed by atoms with Crippen molar-refractivity contribution < 1.29 is 17.9 Å². The molecule has 0 aliphatic heterocycles. The summed E-state index contributed by atoms with van der Waals surface area (Å²) in [5, 5.41) is 0. The van der Waals surface area contributed by atoms with Gasteiger partial charge in [0.2, 0.25) is 0 Å². The van der Waals surface area contributed by atoms with Gasteiger partial charge in [-0.25, -0.2) is 0 Å². The minimum Gasteiger partial charge on any atom is -0.493 e. The molecule has 0 atom stereocenters. The SMILES string of the molecule is C=CCCCCCOc1ccc(CN)cc1C(F)(F)F. The van der Waals surface area contributed by atoms with E-state index in [4.69, 9.17) is 10.5 Å². The number of ether oxygens (including phenoxy) is 1. The average Bonchev–Trinajstić information content (AvgIpc) is 2.41. The zero-order valence-electron chi connectivity index (χ0n) is 11.4. The lowest BCUT2D eigenvalue weighted by atomic mass is 10.1. The predicted octanol–water partition coefficient (Wildman–Crippen LogP) is 4.29. The molecule has 0 unspecified atom stereocenters. The first-order valence-corrected chi connectivity index (χ1v) is 6.63. The van der Waals surface area contributed by atoms with E-state index in [1.807, 2.05) is 6.08 Å². The third-order valence-electron chi connectivity index (χ3n) is 2.90. The maximum absolute atomic E-state index is 12.9. The second kappa shape index (κ2) is 7.94. The number of hydrogen-bond donors (Lipinski definition) is 1. The van der Waals surface area contributed by atoms with E-state index in [9.17, 15) is 13.2 Å². The first kappa shape index (κ1) is 16.6. The molecular weight excluding hydrogens is 267 g/mol. The summed E-state index contributed by atoms with van der Waals surface area (Å²) in [5.41, 5.74) is 5.05. The van der Waals surface area contributed by atoms with Gasteiger partial charge in [-0.1, -0.05) is 12.1 Å². The van der Waals surface area contributed by atoms with Crippen LogP contribution < -0.4 is 10.5 Å². The third kappa shape index (κ3) is 5.25. The highest BCUT2D eigenvalue weighted by molar-refractivity contribution is 5.39. The second-order valence-corrected chi connectivity index (χ2v) is 4.52. The highest BCUT2D eigenvalue weighted by Crippen LogP contribution is 2.36. The molecule has 1 rings (SSSR count). The van der Waals surface area contributed by atoms with E-state index in [-0.39, 0.29) is 18.9 Å². The summed E-state index contributed by atoms with van der Waals surface area (Å²) in [6.07, 6.45) is 0.930. The number of alkyl halides is 3. The van der Waals surface area contributed by atoms with Crippen molar-refractivity contribution in [3.63, 3.8) is 0 Å². The molecule has 0 fully saturated rings. The van der Waals surface area contributed by atoms with E-state index in [2.05, 4.69) is 6.58 Å². The number of halogens is 3. The number of nitrogens with two attached hydrogens (primary N) is 1. The Labute approximate surface area is 117 Å². The Bertz CT molecular complexity index is 430. The van der Waals surface area contributed by atoms with Gasteiger partial charge in [-0.15, -0.1) is 6.58 Å². The molecule has 112 valence electrons. The molecule has 0 aliphatic carbocycles. The molecule has 0 amide bonds. The quantitative estimate of drug-likeness (QED) is 0.572. The van der Waals surface area contributed by atoms with Crippen molar-refractivity contribution in [1.82, 2.24) is 0 Å². The Morgan fingerprint density at radius 2 is 1.95 bits per heavy atom. The normalized spacial score (nSPS) is 11.4. The molecule has 1 aromatic carbocycles. The van der Waals surface area contributed by atoms with Crippen LogP contribution in [0, 0.1) is 0 Å². The van der Waals surface area contributed by atoms with Crippen LogP contribution in [0.3, 0.4) is 0 Å². The maximum atomic E-state index is 12.9. The van der Waals surface area contributed by atoms with E-state index in [0.717, 1.165) is 31.7 Å². The lowest BCUT2D eigenvalue weighted by Gasteiger charge is -2.15. The Morgan fingerprint density at radius 3 is 2.55 bits per heavy atom. The Balaban J connectivity index is 2.62. The lowest BCUT2D eigenvalue weighted by Crippen LogP contribution is -2.11.